The smallest absolute Gasteiger partial charge is 0.270 e. The van der Waals surface area contributed by atoms with Gasteiger partial charge in [0.25, 0.3) is 5.56 Å². The molecule has 3 aromatic rings. The Labute approximate surface area is 115 Å². The van der Waals surface area contributed by atoms with Crippen LogP contribution in [0.2, 0.25) is 5.02 Å². The Morgan fingerprint density at radius 2 is 2.21 bits per heavy atom. The molecule has 0 unspecified atom stereocenters. The predicted molar refractivity (Wildman–Crippen MR) is 71.8 cm³/mol. The van der Waals surface area contributed by atoms with Gasteiger partial charge >= 0.3 is 0 Å². The molecule has 0 fully saturated rings. The minimum absolute atomic E-state index is 0.0777. The zero-order chi connectivity index (χ0) is 13.6. The fourth-order valence-electron chi connectivity index (χ4n) is 1.78. The van der Waals surface area contributed by atoms with Gasteiger partial charge in [-0.2, -0.15) is 5.10 Å². The summed E-state index contributed by atoms with van der Waals surface area (Å²) in [7, 11) is 0. The number of hydrogen-bond acceptors (Lipinski definition) is 3. The van der Waals surface area contributed by atoms with Crippen molar-refractivity contribution in [3.05, 3.63) is 50.4 Å². The predicted octanol–water partition coefficient (Wildman–Crippen LogP) is 2.56. The van der Waals surface area contributed by atoms with Crippen LogP contribution in [0.1, 0.15) is 0 Å². The van der Waals surface area contributed by atoms with E-state index in [1.165, 1.54) is 29.0 Å². The lowest BCUT2D eigenvalue weighted by atomic mass is 10.3. The standard InChI is InChI=1S/C11H6ClFN4OS/c12-7-3-5(1-2-8(7)13)17-10(18)6-4-14-16-9(6)15-11(17)19/h1-4H,(H2,14,15,16,19). The molecule has 0 amide bonds. The lowest BCUT2D eigenvalue weighted by Crippen LogP contribution is -2.20. The quantitative estimate of drug-likeness (QED) is 0.678. The van der Waals surface area contributed by atoms with E-state index in [1.54, 1.807) is 0 Å². The van der Waals surface area contributed by atoms with Crippen LogP contribution in [0.25, 0.3) is 16.7 Å². The summed E-state index contributed by atoms with van der Waals surface area (Å²) in [6.07, 6.45) is 1.39. The fraction of sp³-hybridized carbons (Fsp3) is 0. The molecule has 0 bridgehead atoms. The van der Waals surface area contributed by atoms with Gasteiger partial charge in [-0.15, -0.1) is 0 Å². The maximum absolute atomic E-state index is 13.2. The van der Waals surface area contributed by atoms with Crippen molar-refractivity contribution in [2.45, 2.75) is 0 Å². The minimum atomic E-state index is -0.558. The van der Waals surface area contributed by atoms with E-state index in [9.17, 15) is 9.18 Å². The van der Waals surface area contributed by atoms with Crippen LogP contribution < -0.4 is 5.56 Å². The maximum Gasteiger partial charge on any atom is 0.270 e. The summed E-state index contributed by atoms with van der Waals surface area (Å²) in [6.45, 7) is 0. The molecule has 2 N–H and O–H groups in total. The minimum Gasteiger partial charge on any atom is -0.316 e. The van der Waals surface area contributed by atoms with Crippen molar-refractivity contribution in [3.8, 4) is 5.69 Å². The van der Waals surface area contributed by atoms with E-state index in [4.69, 9.17) is 23.8 Å². The van der Waals surface area contributed by atoms with Gasteiger partial charge < -0.3 is 4.98 Å². The van der Waals surface area contributed by atoms with Gasteiger partial charge in [-0.05, 0) is 30.4 Å². The van der Waals surface area contributed by atoms with Crippen LogP contribution in [0.15, 0.2) is 29.2 Å². The number of nitrogens with one attached hydrogen (secondary N) is 2. The van der Waals surface area contributed by atoms with Crippen LogP contribution in [0.4, 0.5) is 4.39 Å². The lowest BCUT2D eigenvalue weighted by Gasteiger charge is -2.06. The Balaban J connectivity index is 2.38. The largest absolute Gasteiger partial charge is 0.316 e. The molecule has 2 heterocycles. The second-order valence-electron chi connectivity index (χ2n) is 3.83. The fourth-order valence-corrected chi connectivity index (χ4v) is 2.24. The molecule has 96 valence electrons. The molecule has 0 aliphatic carbocycles. The van der Waals surface area contributed by atoms with Crippen LogP contribution in [0.3, 0.4) is 0 Å². The number of aromatic nitrogens is 4. The zero-order valence-corrected chi connectivity index (χ0v) is 10.8. The van der Waals surface area contributed by atoms with E-state index in [-0.39, 0.29) is 15.4 Å². The first-order valence-electron chi connectivity index (χ1n) is 5.22. The van der Waals surface area contributed by atoms with E-state index in [2.05, 4.69) is 15.2 Å². The first kappa shape index (κ1) is 12.1. The van der Waals surface area contributed by atoms with Crippen molar-refractivity contribution < 1.29 is 4.39 Å². The van der Waals surface area contributed by atoms with Crippen molar-refractivity contribution in [3.63, 3.8) is 0 Å². The molecule has 2 aromatic heterocycles. The highest BCUT2D eigenvalue weighted by molar-refractivity contribution is 7.71. The summed E-state index contributed by atoms with van der Waals surface area (Å²) in [6, 6.07) is 3.95. The Bertz CT molecular complexity index is 898. The number of hydrogen-bond donors (Lipinski definition) is 2. The Morgan fingerprint density at radius 1 is 1.42 bits per heavy atom. The van der Waals surface area contributed by atoms with Crippen LogP contribution >= 0.6 is 23.8 Å². The number of benzene rings is 1. The zero-order valence-electron chi connectivity index (χ0n) is 9.28. The molecule has 0 atom stereocenters. The third-order valence-electron chi connectivity index (χ3n) is 2.67. The summed E-state index contributed by atoms with van der Waals surface area (Å²) < 4.78 is 14.6. The molecule has 0 aliphatic heterocycles. The van der Waals surface area contributed by atoms with Gasteiger partial charge in [0.15, 0.2) is 4.77 Å². The topological polar surface area (TPSA) is 66.5 Å². The molecule has 0 spiro atoms. The Morgan fingerprint density at radius 3 is 2.95 bits per heavy atom. The van der Waals surface area contributed by atoms with Gasteiger partial charge in [0.05, 0.1) is 16.9 Å². The Kier molecular flexibility index (Phi) is 2.72. The maximum atomic E-state index is 13.2. The highest BCUT2D eigenvalue weighted by Gasteiger charge is 2.10. The summed E-state index contributed by atoms with van der Waals surface area (Å²) in [4.78, 5) is 15.1. The first-order valence-corrected chi connectivity index (χ1v) is 6.00. The highest BCUT2D eigenvalue weighted by atomic mass is 35.5. The molecular weight excluding hydrogens is 291 g/mol. The van der Waals surface area contributed by atoms with Gasteiger partial charge in [0.2, 0.25) is 0 Å². The molecule has 1 aromatic carbocycles. The van der Waals surface area contributed by atoms with Crippen molar-refractivity contribution in [1.29, 1.82) is 0 Å². The van der Waals surface area contributed by atoms with Crippen LogP contribution in [0.5, 0.6) is 0 Å². The number of aromatic amines is 2. The van der Waals surface area contributed by atoms with Crippen molar-refractivity contribution in [2.75, 3.05) is 0 Å². The number of halogens is 2. The molecule has 8 heteroatoms. The molecule has 0 aliphatic rings. The average Bonchev–Trinajstić information content (AvgIpc) is 2.82. The lowest BCUT2D eigenvalue weighted by molar-refractivity contribution is 0.627. The van der Waals surface area contributed by atoms with E-state index in [0.717, 1.165) is 0 Å². The van der Waals surface area contributed by atoms with Gasteiger partial charge in [-0.3, -0.25) is 14.5 Å². The van der Waals surface area contributed by atoms with Crippen molar-refractivity contribution in [1.82, 2.24) is 19.7 Å². The average molecular weight is 297 g/mol. The number of fused-ring (bicyclic) bond motifs is 1. The summed E-state index contributed by atoms with van der Waals surface area (Å²) in [5.74, 6) is -0.558. The van der Waals surface area contributed by atoms with Gasteiger partial charge in [-0.25, -0.2) is 4.39 Å². The van der Waals surface area contributed by atoms with Crippen LogP contribution in [-0.4, -0.2) is 19.7 Å². The van der Waals surface area contributed by atoms with E-state index in [0.29, 0.717) is 16.7 Å². The second-order valence-corrected chi connectivity index (χ2v) is 4.62. The van der Waals surface area contributed by atoms with Crippen LogP contribution in [-0.2, 0) is 0 Å². The molecule has 0 saturated carbocycles. The SMILES string of the molecule is O=c1c2cn[nH]c2[nH]c(=S)n1-c1ccc(F)c(Cl)c1. The van der Waals surface area contributed by atoms with Crippen molar-refractivity contribution in [2.24, 2.45) is 0 Å². The van der Waals surface area contributed by atoms with Crippen molar-refractivity contribution >= 4 is 34.9 Å². The van der Waals surface area contributed by atoms with Gasteiger partial charge in [-0.1, -0.05) is 11.6 Å². The Hall–Kier alpha value is -1.99. The molecule has 0 saturated heterocycles. The number of nitrogens with zero attached hydrogens (tertiary/aromatic N) is 2. The summed E-state index contributed by atoms with van der Waals surface area (Å²) in [5, 5.41) is 6.67. The first-order chi connectivity index (χ1) is 9.08. The molecule has 3 rings (SSSR count). The van der Waals surface area contributed by atoms with E-state index in [1.807, 2.05) is 0 Å². The molecular formula is C11H6ClFN4OS. The molecule has 5 nitrogen and oxygen atoms in total. The third kappa shape index (κ3) is 1.87. The monoisotopic (exact) mass is 296 g/mol. The second kappa shape index (κ2) is 4.29. The highest BCUT2D eigenvalue weighted by Crippen LogP contribution is 2.18. The molecule has 19 heavy (non-hydrogen) atoms. The van der Waals surface area contributed by atoms with Crippen LogP contribution in [0, 0.1) is 10.6 Å². The van der Waals surface area contributed by atoms with Gasteiger partial charge in [0.1, 0.15) is 16.9 Å². The number of H-pyrrole nitrogens is 2. The summed E-state index contributed by atoms with van der Waals surface area (Å²) in [5.41, 5.74) is 0.482. The molecule has 0 radical (unpaired) electrons. The van der Waals surface area contributed by atoms with E-state index >= 15 is 0 Å². The van der Waals surface area contributed by atoms with Gasteiger partial charge in [0, 0.05) is 0 Å². The normalized spacial score (nSPS) is 11.1. The number of rotatable bonds is 1. The van der Waals surface area contributed by atoms with E-state index < -0.39 is 5.82 Å². The summed E-state index contributed by atoms with van der Waals surface area (Å²) >= 11 is 10.8. The third-order valence-corrected chi connectivity index (χ3v) is 3.24.